The number of carbonyl (C=O) groups is 3. The van der Waals surface area contributed by atoms with Crippen molar-refractivity contribution in [2.24, 2.45) is 0 Å². The highest BCUT2D eigenvalue weighted by atomic mass is 32.2. The van der Waals surface area contributed by atoms with Gasteiger partial charge in [-0.3, -0.25) is 14.9 Å². The molecule has 3 N–H and O–H groups in total. The van der Waals surface area contributed by atoms with Gasteiger partial charge in [-0.25, -0.2) is 17.9 Å². The van der Waals surface area contributed by atoms with Crippen LogP contribution in [-0.2, 0) is 24.3 Å². The summed E-state index contributed by atoms with van der Waals surface area (Å²) in [4.78, 5) is 35.0. The molecule has 0 fully saturated rings. The van der Waals surface area contributed by atoms with E-state index in [4.69, 9.17) is 4.74 Å². The number of esters is 1. The molecule has 0 aliphatic carbocycles. The van der Waals surface area contributed by atoms with E-state index in [9.17, 15) is 22.8 Å². The number of imide groups is 1. The Hall–Kier alpha value is -3.24. The smallest absolute Gasteiger partial charge is 0.325 e. The molecule has 29 heavy (non-hydrogen) atoms. The van der Waals surface area contributed by atoms with Gasteiger partial charge in [0.1, 0.15) is 0 Å². The Morgan fingerprint density at radius 1 is 0.966 bits per heavy atom. The summed E-state index contributed by atoms with van der Waals surface area (Å²) in [5.41, 5.74) is 1.42. The van der Waals surface area contributed by atoms with Crippen LogP contribution in [0.5, 0.6) is 0 Å². The van der Waals surface area contributed by atoms with Gasteiger partial charge in [-0.05, 0) is 31.2 Å². The summed E-state index contributed by atoms with van der Waals surface area (Å²) in [6, 6.07) is 14.0. The summed E-state index contributed by atoms with van der Waals surface area (Å²) in [7, 11) is -3.74. The number of aryl methyl sites for hydroxylation is 1. The molecule has 0 unspecified atom stereocenters. The Kier molecular flexibility index (Phi) is 7.87. The maximum Gasteiger partial charge on any atom is 0.325 e. The van der Waals surface area contributed by atoms with Crippen LogP contribution in [0.2, 0.25) is 0 Å². The largest absolute Gasteiger partial charge is 0.456 e. The third-order valence-electron chi connectivity index (χ3n) is 3.60. The van der Waals surface area contributed by atoms with E-state index >= 15 is 0 Å². The van der Waals surface area contributed by atoms with E-state index in [-0.39, 0.29) is 17.9 Å². The van der Waals surface area contributed by atoms with E-state index in [1.807, 2.05) is 12.2 Å². The van der Waals surface area contributed by atoms with Crippen LogP contribution < -0.4 is 15.4 Å². The third-order valence-corrected chi connectivity index (χ3v) is 5.08. The van der Waals surface area contributed by atoms with Gasteiger partial charge in [0.2, 0.25) is 10.0 Å². The van der Waals surface area contributed by atoms with E-state index in [1.165, 1.54) is 12.1 Å². The fourth-order valence-corrected chi connectivity index (χ4v) is 3.18. The lowest BCUT2D eigenvalue weighted by Gasteiger charge is -2.08. The lowest BCUT2D eigenvalue weighted by molar-refractivity contribution is -0.148. The molecule has 0 saturated heterocycles. The van der Waals surface area contributed by atoms with Crippen molar-refractivity contribution >= 4 is 33.6 Å². The molecule has 0 aliphatic rings. The molecule has 0 saturated carbocycles. The molecule has 2 aromatic rings. The molecule has 2 rings (SSSR count). The first-order valence-corrected chi connectivity index (χ1v) is 10.1. The molecular formula is C19H21N3O6S. The van der Waals surface area contributed by atoms with Crippen LogP contribution in [0.15, 0.2) is 59.5 Å². The van der Waals surface area contributed by atoms with Crippen molar-refractivity contribution in [3.63, 3.8) is 0 Å². The highest BCUT2D eigenvalue weighted by Crippen LogP contribution is 2.09. The minimum absolute atomic E-state index is 0.0836. The summed E-state index contributed by atoms with van der Waals surface area (Å²) in [6.07, 6.45) is -0.269. The molecule has 9 nitrogen and oxygen atoms in total. The Bertz CT molecular complexity index is 959. The van der Waals surface area contributed by atoms with Crippen LogP contribution in [0.25, 0.3) is 0 Å². The Balaban J connectivity index is 1.68. The summed E-state index contributed by atoms with van der Waals surface area (Å²) >= 11 is 0. The lowest BCUT2D eigenvalue weighted by atomic mass is 10.2. The molecule has 0 aliphatic heterocycles. The molecule has 10 heteroatoms. The van der Waals surface area contributed by atoms with Gasteiger partial charge in [0.15, 0.2) is 6.61 Å². The van der Waals surface area contributed by atoms with Gasteiger partial charge in [0, 0.05) is 12.2 Å². The van der Waals surface area contributed by atoms with Gasteiger partial charge < -0.3 is 10.1 Å². The molecule has 0 spiro atoms. The lowest BCUT2D eigenvalue weighted by Crippen LogP contribution is -2.37. The fraction of sp³-hybridized carbons (Fsp3) is 0.211. The van der Waals surface area contributed by atoms with Gasteiger partial charge >= 0.3 is 12.0 Å². The van der Waals surface area contributed by atoms with Gasteiger partial charge in [0.05, 0.1) is 11.3 Å². The van der Waals surface area contributed by atoms with Crippen LogP contribution in [0.4, 0.5) is 10.5 Å². The predicted octanol–water partition coefficient (Wildman–Crippen LogP) is 1.55. The normalized spacial score (nSPS) is 10.8. The quantitative estimate of drug-likeness (QED) is 0.557. The van der Waals surface area contributed by atoms with E-state index < -0.39 is 34.5 Å². The number of nitrogens with one attached hydrogen (secondary N) is 3. The second-order valence-electron chi connectivity index (χ2n) is 5.99. The second kappa shape index (κ2) is 10.3. The minimum Gasteiger partial charge on any atom is -0.456 e. The molecule has 0 bridgehead atoms. The number of hydrogen-bond acceptors (Lipinski definition) is 6. The summed E-state index contributed by atoms with van der Waals surface area (Å²) < 4.78 is 31.2. The molecule has 0 radical (unpaired) electrons. The van der Waals surface area contributed by atoms with Crippen LogP contribution in [0.3, 0.4) is 0 Å². The number of sulfonamides is 1. The minimum atomic E-state index is -3.74. The molecular weight excluding hydrogens is 398 g/mol. The first-order chi connectivity index (χ1) is 13.8. The van der Waals surface area contributed by atoms with E-state index in [0.29, 0.717) is 5.69 Å². The molecule has 154 valence electrons. The number of para-hydroxylation sites is 1. The molecule has 0 heterocycles. The first kappa shape index (κ1) is 22.1. The van der Waals surface area contributed by atoms with Crippen molar-refractivity contribution in [3.05, 3.63) is 60.2 Å². The van der Waals surface area contributed by atoms with Crippen molar-refractivity contribution in [3.8, 4) is 0 Å². The van der Waals surface area contributed by atoms with Crippen LogP contribution in [0.1, 0.15) is 12.0 Å². The number of rotatable bonds is 8. The van der Waals surface area contributed by atoms with Gasteiger partial charge in [-0.1, -0.05) is 35.9 Å². The number of benzene rings is 2. The number of hydrogen-bond donors (Lipinski definition) is 3. The Labute approximate surface area is 168 Å². The summed E-state index contributed by atoms with van der Waals surface area (Å²) in [5.74, 6) is -1.60. The van der Waals surface area contributed by atoms with Crippen molar-refractivity contribution in [1.29, 1.82) is 0 Å². The van der Waals surface area contributed by atoms with Crippen LogP contribution in [-0.4, -0.2) is 39.5 Å². The number of ether oxygens (including phenoxy) is 1. The number of amides is 3. The maximum absolute atomic E-state index is 12.1. The highest BCUT2D eigenvalue weighted by Gasteiger charge is 2.15. The average Bonchev–Trinajstić information content (AvgIpc) is 2.67. The van der Waals surface area contributed by atoms with Crippen LogP contribution in [0, 0.1) is 6.92 Å². The topological polar surface area (TPSA) is 131 Å². The van der Waals surface area contributed by atoms with Crippen molar-refractivity contribution in [2.45, 2.75) is 18.2 Å². The van der Waals surface area contributed by atoms with Crippen LogP contribution >= 0.6 is 0 Å². The van der Waals surface area contributed by atoms with Crippen molar-refractivity contribution < 1.29 is 27.5 Å². The number of urea groups is 1. The van der Waals surface area contributed by atoms with Crippen molar-refractivity contribution in [2.75, 3.05) is 18.5 Å². The SMILES string of the molecule is Cc1ccc(S(=O)(=O)NCCC(=O)OCC(=O)NC(=O)Nc2ccccc2)cc1. The van der Waals surface area contributed by atoms with Gasteiger partial charge in [-0.15, -0.1) is 0 Å². The number of carbonyl (C=O) groups excluding carboxylic acids is 3. The van der Waals surface area contributed by atoms with Crippen molar-refractivity contribution in [1.82, 2.24) is 10.0 Å². The maximum atomic E-state index is 12.1. The predicted molar refractivity (Wildman–Crippen MR) is 106 cm³/mol. The molecule has 0 atom stereocenters. The standard InChI is InChI=1S/C19H21N3O6S/c1-14-7-9-16(10-8-14)29(26,27)20-12-11-18(24)28-13-17(23)22-19(25)21-15-5-3-2-4-6-15/h2-10,20H,11-13H2,1H3,(H2,21,22,23,25). The third kappa shape index (κ3) is 7.72. The monoisotopic (exact) mass is 419 g/mol. The Morgan fingerprint density at radius 2 is 1.62 bits per heavy atom. The van der Waals surface area contributed by atoms with Gasteiger partial charge in [0.25, 0.3) is 5.91 Å². The molecule has 2 aromatic carbocycles. The molecule has 0 aromatic heterocycles. The number of anilines is 1. The summed E-state index contributed by atoms with van der Waals surface area (Å²) in [5, 5.41) is 4.45. The van der Waals surface area contributed by atoms with E-state index in [0.717, 1.165) is 5.56 Å². The Morgan fingerprint density at radius 3 is 2.28 bits per heavy atom. The summed E-state index contributed by atoms with van der Waals surface area (Å²) in [6.45, 7) is 0.984. The zero-order valence-electron chi connectivity index (χ0n) is 15.7. The second-order valence-corrected chi connectivity index (χ2v) is 7.76. The molecule has 3 amide bonds. The average molecular weight is 419 g/mol. The zero-order valence-corrected chi connectivity index (χ0v) is 16.5. The first-order valence-electron chi connectivity index (χ1n) is 8.64. The van der Waals surface area contributed by atoms with E-state index in [1.54, 1.807) is 42.5 Å². The fourth-order valence-electron chi connectivity index (χ4n) is 2.15. The highest BCUT2D eigenvalue weighted by molar-refractivity contribution is 7.89. The zero-order chi connectivity index (χ0) is 21.3. The van der Waals surface area contributed by atoms with E-state index in [2.05, 4.69) is 10.0 Å². The van der Waals surface area contributed by atoms with Gasteiger partial charge in [-0.2, -0.15) is 0 Å².